The molecule has 0 amide bonds. The predicted molar refractivity (Wildman–Crippen MR) is 200 cm³/mol. The minimum atomic E-state index is 0.325. The fraction of sp³-hybridized carbons (Fsp3) is 1.00. The molecule has 0 spiro atoms. The van der Waals surface area contributed by atoms with Crippen molar-refractivity contribution in [2.45, 2.75) is 251 Å². The molecule has 2 fully saturated rings. The fourth-order valence-electron chi connectivity index (χ4n) is 7.89. The zero-order valence-electron chi connectivity index (χ0n) is 31.6. The van der Waals surface area contributed by atoms with Gasteiger partial charge in [0.25, 0.3) is 0 Å². The first kappa shape index (κ1) is 41.0. The molecule has 0 aromatic rings. The summed E-state index contributed by atoms with van der Waals surface area (Å²) in [7, 11) is 0. The van der Waals surface area contributed by atoms with Gasteiger partial charge in [0.05, 0.1) is 11.3 Å². The normalized spacial score (nSPS) is 19.7. The van der Waals surface area contributed by atoms with E-state index in [-0.39, 0.29) is 0 Å². The first-order chi connectivity index (χ1) is 22.2. The van der Waals surface area contributed by atoms with Crippen LogP contribution in [0.5, 0.6) is 0 Å². The standard InChI is InChI=1S/C41H84N4/c1-5-9-13-17-21-25-29-34-40(35-30-26-22-18-14-10-6-2)42-44(40)38-33-39-45-41(43-45,36-31-27-23-19-15-11-7-3)37-32-28-24-20-16-12-8-4/h42-43H,5-39H2,1-4H3. The highest BCUT2D eigenvalue weighted by Crippen LogP contribution is 2.39. The molecule has 0 aromatic heterocycles. The van der Waals surface area contributed by atoms with Gasteiger partial charge in [-0.1, -0.05) is 207 Å². The summed E-state index contributed by atoms with van der Waals surface area (Å²) in [6.45, 7) is 11.7. The van der Waals surface area contributed by atoms with Crippen LogP contribution >= 0.6 is 0 Å². The molecule has 0 saturated carbocycles. The second-order valence-electron chi connectivity index (χ2n) is 15.4. The monoisotopic (exact) mass is 633 g/mol. The topological polar surface area (TPSA) is 49.9 Å². The highest BCUT2D eigenvalue weighted by molar-refractivity contribution is 5.00. The van der Waals surface area contributed by atoms with Crippen LogP contribution in [0.15, 0.2) is 0 Å². The van der Waals surface area contributed by atoms with Gasteiger partial charge in [0.15, 0.2) is 0 Å². The molecular formula is C41H84N4. The summed E-state index contributed by atoms with van der Waals surface area (Å²) >= 11 is 0. The molecule has 45 heavy (non-hydrogen) atoms. The molecule has 2 saturated heterocycles. The summed E-state index contributed by atoms with van der Waals surface area (Å²) in [5.41, 5.74) is 8.53. The van der Waals surface area contributed by atoms with Crippen LogP contribution in [0.4, 0.5) is 0 Å². The van der Waals surface area contributed by atoms with Crippen LogP contribution in [0.3, 0.4) is 0 Å². The summed E-state index contributed by atoms with van der Waals surface area (Å²) in [4.78, 5) is 0. The molecule has 2 heterocycles. The molecule has 0 aliphatic carbocycles. The smallest absolute Gasteiger partial charge is 0.0974 e. The summed E-state index contributed by atoms with van der Waals surface area (Å²) in [5.74, 6) is 0. The van der Waals surface area contributed by atoms with E-state index in [2.05, 4.69) is 48.6 Å². The lowest BCUT2D eigenvalue weighted by Gasteiger charge is -2.17. The predicted octanol–water partition coefficient (Wildman–Crippen LogP) is 13.0. The largest absolute Gasteiger partial charge is 0.232 e. The van der Waals surface area contributed by atoms with Crippen molar-refractivity contribution in [1.82, 2.24) is 20.9 Å². The fourth-order valence-corrected chi connectivity index (χ4v) is 7.89. The van der Waals surface area contributed by atoms with Crippen molar-refractivity contribution in [2.75, 3.05) is 13.1 Å². The zero-order chi connectivity index (χ0) is 32.3. The maximum absolute atomic E-state index is 3.94. The molecule has 4 nitrogen and oxygen atoms in total. The molecule has 2 rings (SSSR count). The van der Waals surface area contributed by atoms with Crippen molar-refractivity contribution in [3.63, 3.8) is 0 Å². The van der Waals surface area contributed by atoms with Crippen LogP contribution in [0.1, 0.15) is 240 Å². The average molecular weight is 633 g/mol. The van der Waals surface area contributed by atoms with Gasteiger partial charge in [0.2, 0.25) is 0 Å². The van der Waals surface area contributed by atoms with Gasteiger partial charge in [0.1, 0.15) is 0 Å². The van der Waals surface area contributed by atoms with Gasteiger partial charge in [-0.25, -0.2) is 20.9 Å². The van der Waals surface area contributed by atoms with Crippen LogP contribution in [-0.4, -0.2) is 34.4 Å². The molecule has 2 unspecified atom stereocenters. The Morgan fingerprint density at radius 1 is 0.289 bits per heavy atom. The second kappa shape index (κ2) is 26.8. The Kier molecular flexibility index (Phi) is 24.4. The molecular weight excluding hydrogens is 548 g/mol. The van der Waals surface area contributed by atoms with Crippen LogP contribution in [0.25, 0.3) is 0 Å². The van der Waals surface area contributed by atoms with Gasteiger partial charge in [0, 0.05) is 13.1 Å². The van der Waals surface area contributed by atoms with Crippen LogP contribution in [0, 0.1) is 0 Å². The molecule has 2 aliphatic rings. The van der Waals surface area contributed by atoms with Crippen molar-refractivity contribution in [1.29, 1.82) is 0 Å². The maximum atomic E-state index is 3.94. The van der Waals surface area contributed by atoms with E-state index in [4.69, 9.17) is 0 Å². The number of nitrogens with one attached hydrogen (secondary N) is 2. The Labute approximate surface area is 284 Å². The highest BCUT2D eigenvalue weighted by atomic mass is 15.8. The summed E-state index contributed by atoms with van der Waals surface area (Å²) in [5, 5.41) is 5.33. The number of rotatable bonds is 36. The first-order valence-electron chi connectivity index (χ1n) is 21.3. The van der Waals surface area contributed by atoms with Crippen molar-refractivity contribution in [2.24, 2.45) is 0 Å². The minimum Gasteiger partial charge on any atom is -0.232 e. The van der Waals surface area contributed by atoms with E-state index in [1.54, 1.807) is 0 Å². The lowest BCUT2D eigenvalue weighted by molar-refractivity contribution is 0.303. The van der Waals surface area contributed by atoms with Crippen LogP contribution < -0.4 is 10.9 Å². The average Bonchev–Trinajstić information content (AvgIpc) is 3.94. The van der Waals surface area contributed by atoms with Gasteiger partial charge < -0.3 is 0 Å². The number of hydrazine groups is 2. The Hall–Kier alpha value is -0.160. The Morgan fingerprint density at radius 2 is 0.511 bits per heavy atom. The molecule has 2 atom stereocenters. The quantitative estimate of drug-likeness (QED) is 0.0533. The van der Waals surface area contributed by atoms with E-state index in [9.17, 15) is 0 Å². The van der Waals surface area contributed by atoms with Crippen LogP contribution in [0.2, 0.25) is 0 Å². The minimum absolute atomic E-state index is 0.325. The van der Waals surface area contributed by atoms with Crippen molar-refractivity contribution in [3.8, 4) is 0 Å². The van der Waals surface area contributed by atoms with E-state index < -0.39 is 0 Å². The van der Waals surface area contributed by atoms with E-state index in [1.807, 2.05) is 0 Å². The first-order valence-corrected chi connectivity index (χ1v) is 21.3. The second-order valence-corrected chi connectivity index (χ2v) is 15.4. The van der Waals surface area contributed by atoms with Crippen molar-refractivity contribution < 1.29 is 0 Å². The number of hydrogen-bond acceptors (Lipinski definition) is 4. The van der Waals surface area contributed by atoms with E-state index >= 15 is 0 Å². The SMILES string of the molecule is CCCCCCCCCC1(CCCCCCCCC)NN1CCCN1NC1(CCCCCCCCC)CCCCCCCCC. The van der Waals surface area contributed by atoms with Crippen molar-refractivity contribution >= 4 is 0 Å². The van der Waals surface area contributed by atoms with Crippen LogP contribution in [-0.2, 0) is 0 Å². The Balaban J connectivity index is 1.74. The highest BCUT2D eigenvalue weighted by Gasteiger charge is 2.52. The Morgan fingerprint density at radius 3 is 0.756 bits per heavy atom. The molecule has 0 aromatic carbocycles. The summed E-state index contributed by atoms with van der Waals surface area (Å²) in [6.07, 6.45) is 46.4. The van der Waals surface area contributed by atoms with Gasteiger partial charge in [-0.2, -0.15) is 0 Å². The number of nitrogens with zero attached hydrogens (tertiary/aromatic N) is 2. The lowest BCUT2D eigenvalue weighted by atomic mass is 9.97. The lowest BCUT2D eigenvalue weighted by Crippen LogP contribution is -2.23. The van der Waals surface area contributed by atoms with Gasteiger partial charge in [-0.15, -0.1) is 0 Å². The molecule has 4 heteroatoms. The van der Waals surface area contributed by atoms with E-state index in [0.717, 1.165) is 0 Å². The molecule has 0 radical (unpaired) electrons. The third-order valence-electron chi connectivity index (χ3n) is 11.2. The number of hydrogen-bond donors (Lipinski definition) is 2. The Bertz CT molecular complexity index is 561. The molecule has 268 valence electrons. The summed E-state index contributed by atoms with van der Waals surface area (Å²) in [6, 6.07) is 0. The third-order valence-corrected chi connectivity index (χ3v) is 11.2. The number of unbranched alkanes of at least 4 members (excludes halogenated alkanes) is 24. The van der Waals surface area contributed by atoms with E-state index in [1.165, 1.54) is 225 Å². The van der Waals surface area contributed by atoms with Crippen molar-refractivity contribution in [3.05, 3.63) is 0 Å². The van der Waals surface area contributed by atoms with Gasteiger partial charge in [-0.05, 0) is 32.1 Å². The third kappa shape index (κ3) is 18.8. The summed E-state index contributed by atoms with van der Waals surface area (Å²) < 4.78 is 0. The molecule has 0 bridgehead atoms. The zero-order valence-corrected chi connectivity index (χ0v) is 31.6. The molecule has 2 N–H and O–H groups in total. The van der Waals surface area contributed by atoms with Gasteiger partial charge in [-0.3, -0.25) is 0 Å². The van der Waals surface area contributed by atoms with E-state index in [0.29, 0.717) is 11.3 Å². The van der Waals surface area contributed by atoms with Gasteiger partial charge >= 0.3 is 0 Å². The molecule has 2 aliphatic heterocycles. The maximum Gasteiger partial charge on any atom is 0.0974 e.